The monoisotopic (exact) mass is 289 g/mol. The van der Waals surface area contributed by atoms with Crippen LogP contribution in [-0.4, -0.2) is 17.8 Å². The van der Waals surface area contributed by atoms with Gasteiger partial charge in [-0.15, -0.1) is 0 Å². The molecule has 2 N–H and O–H groups in total. The van der Waals surface area contributed by atoms with Gasteiger partial charge in [0.1, 0.15) is 11.5 Å². The number of nitrogens with one attached hydrogen (secondary N) is 1. The van der Waals surface area contributed by atoms with Gasteiger partial charge in [0.05, 0.1) is 24.5 Å². The van der Waals surface area contributed by atoms with Crippen molar-refractivity contribution in [2.75, 3.05) is 6.54 Å². The molecule has 0 radical (unpaired) electrons. The Morgan fingerprint density at radius 3 is 2.43 bits per heavy atom. The summed E-state index contributed by atoms with van der Waals surface area (Å²) < 4.78 is 10.9. The highest BCUT2D eigenvalue weighted by Crippen LogP contribution is 2.19. The van der Waals surface area contributed by atoms with E-state index in [4.69, 9.17) is 9.15 Å². The third kappa shape index (κ3) is 4.62. The third-order valence-corrected chi connectivity index (χ3v) is 3.22. The van der Waals surface area contributed by atoms with Crippen molar-refractivity contribution in [3.05, 3.63) is 54.0 Å². The highest BCUT2D eigenvalue weighted by molar-refractivity contribution is 5.28. The van der Waals surface area contributed by atoms with Crippen molar-refractivity contribution in [3.8, 4) is 5.75 Å². The summed E-state index contributed by atoms with van der Waals surface area (Å²) in [7, 11) is 0. The van der Waals surface area contributed by atoms with Gasteiger partial charge in [0.2, 0.25) is 0 Å². The van der Waals surface area contributed by atoms with Crippen LogP contribution in [0.15, 0.2) is 47.1 Å². The normalized spacial score (nSPS) is 14.1. The van der Waals surface area contributed by atoms with E-state index in [-0.39, 0.29) is 12.1 Å². The fraction of sp³-hybridized carbons (Fsp3) is 0.412. The molecule has 0 saturated heterocycles. The lowest BCUT2D eigenvalue weighted by atomic mass is 10.1. The number of furan rings is 1. The lowest BCUT2D eigenvalue weighted by molar-refractivity contribution is 0.169. The van der Waals surface area contributed by atoms with Crippen LogP contribution in [0.25, 0.3) is 0 Å². The van der Waals surface area contributed by atoms with Crippen LogP contribution >= 0.6 is 0 Å². The molecule has 2 atom stereocenters. The zero-order valence-electron chi connectivity index (χ0n) is 12.7. The second-order valence-electron chi connectivity index (χ2n) is 5.40. The summed E-state index contributed by atoms with van der Waals surface area (Å²) in [6.45, 7) is 6.45. The van der Waals surface area contributed by atoms with Crippen LogP contribution in [0.5, 0.6) is 5.75 Å². The van der Waals surface area contributed by atoms with Crippen molar-refractivity contribution >= 4 is 0 Å². The predicted molar refractivity (Wildman–Crippen MR) is 82.3 cm³/mol. The first-order chi connectivity index (χ1) is 10.1. The molecule has 0 fully saturated rings. The minimum absolute atomic E-state index is 0.0678. The van der Waals surface area contributed by atoms with Gasteiger partial charge in [0.25, 0.3) is 0 Å². The Hall–Kier alpha value is -1.78. The van der Waals surface area contributed by atoms with Crippen LogP contribution in [-0.2, 0) is 0 Å². The third-order valence-electron chi connectivity index (χ3n) is 3.22. The molecule has 0 aliphatic rings. The quantitative estimate of drug-likeness (QED) is 0.819. The second-order valence-corrected chi connectivity index (χ2v) is 5.40. The fourth-order valence-corrected chi connectivity index (χ4v) is 2.09. The van der Waals surface area contributed by atoms with Gasteiger partial charge >= 0.3 is 0 Å². The van der Waals surface area contributed by atoms with Crippen molar-refractivity contribution in [1.82, 2.24) is 5.32 Å². The SMILES string of the molecule is CC(C)Oc1ccc(C(O)CNC(C)c2ccco2)cc1. The Labute approximate surface area is 125 Å². The molecular weight excluding hydrogens is 266 g/mol. The van der Waals surface area contributed by atoms with Gasteiger partial charge in [-0.2, -0.15) is 0 Å². The molecule has 0 amide bonds. The molecule has 1 aromatic heterocycles. The molecular formula is C17H23NO3. The Balaban J connectivity index is 1.86. The number of hydrogen-bond donors (Lipinski definition) is 2. The topological polar surface area (TPSA) is 54.6 Å². The van der Waals surface area contributed by atoms with Crippen molar-refractivity contribution in [1.29, 1.82) is 0 Å². The average molecular weight is 289 g/mol. The van der Waals surface area contributed by atoms with E-state index in [9.17, 15) is 5.11 Å². The van der Waals surface area contributed by atoms with Crippen LogP contribution in [0.3, 0.4) is 0 Å². The van der Waals surface area contributed by atoms with Crippen LogP contribution < -0.4 is 10.1 Å². The molecule has 0 aliphatic carbocycles. The van der Waals surface area contributed by atoms with Gasteiger partial charge in [-0.3, -0.25) is 0 Å². The van der Waals surface area contributed by atoms with Crippen molar-refractivity contribution < 1.29 is 14.3 Å². The first kappa shape index (κ1) is 15.6. The molecule has 4 heteroatoms. The van der Waals surface area contributed by atoms with Gasteiger partial charge in [-0.05, 0) is 50.6 Å². The molecule has 4 nitrogen and oxygen atoms in total. The van der Waals surface area contributed by atoms with Crippen LogP contribution in [0.2, 0.25) is 0 Å². The van der Waals surface area contributed by atoms with Gasteiger partial charge in [0.15, 0.2) is 0 Å². The molecule has 1 aromatic carbocycles. The highest BCUT2D eigenvalue weighted by atomic mass is 16.5. The Morgan fingerprint density at radius 2 is 1.86 bits per heavy atom. The number of aliphatic hydroxyl groups excluding tert-OH is 1. The molecule has 0 spiro atoms. The van der Waals surface area contributed by atoms with Crippen molar-refractivity contribution in [3.63, 3.8) is 0 Å². The van der Waals surface area contributed by atoms with E-state index in [2.05, 4.69) is 5.32 Å². The van der Waals surface area contributed by atoms with Crippen LogP contribution in [0.4, 0.5) is 0 Å². The summed E-state index contributed by atoms with van der Waals surface area (Å²) in [4.78, 5) is 0. The Bertz CT molecular complexity index is 519. The first-order valence-electron chi connectivity index (χ1n) is 7.27. The molecule has 2 unspecified atom stereocenters. The molecule has 2 aromatic rings. The molecule has 2 rings (SSSR count). The lowest BCUT2D eigenvalue weighted by Crippen LogP contribution is -2.24. The summed E-state index contributed by atoms with van der Waals surface area (Å²) >= 11 is 0. The molecule has 0 saturated carbocycles. The fourth-order valence-electron chi connectivity index (χ4n) is 2.09. The largest absolute Gasteiger partial charge is 0.491 e. The maximum absolute atomic E-state index is 10.2. The number of rotatable bonds is 7. The van der Waals surface area contributed by atoms with E-state index < -0.39 is 6.10 Å². The predicted octanol–water partition coefficient (Wildman–Crippen LogP) is 3.45. The minimum Gasteiger partial charge on any atom is -0.491 e. The van der Waals surface area contributed by atoms with Crippen LogP contribution in [0.1, 0.15) is 44.2 Å². The standard InChI is InChI=1S/C17H23NO3/c1-12(2)21-15-8-6-14(7-9-15)16(19)11-18-13(3)17-5-4-10-20-17/h4-10,12-13,16,18-19H,11H2,1-3H3. The molecule has 21 heavy (non-hydrogen) atoms. The molecule has 1 heterocycles. The van der Waals surface area contributed by atoms with Crippen molar-refractivity contribution in [2.45, 2.75) is 39.0 Å². The maximum Gasteiger partial charge on any atom is 0.120 e. The van der Waals surface area contributed by atoms with Gasteiger partial charge < -0.3 is 19.6 Å². The number of hydrogen-bond acceptors (Lipinski definition) is 4. The Kier molecular flexibility index (Phi) is 5.42. The molecule has 0 bridgehead atoms. The van der Waals surface area contributed by atoms with E-state index >= 15 is 0 Å². The molecule has 0 aliphatic heterocycles. The molecule has 114 valence electrons. The lowest BCUT2D eigenvalue weighted by Gasteiger charge is -2.16. The van der Waals surface area contributed by atoms with Crippen LogP contribution in [0, 0.1) is 0 Å². The summed E-state index contributed by atoms with van der Waals surface area (Å²) in [6.07, 6.45) is 1.24. The Morgan fingerprint density at radius 1 is 1.14 bits per heavy atom. The minimum atomic E-state index is -0.560. The van der Waals surface area contributed by atoms with E-state index in [0.717, 1.165) is 17.1 Å². The number of aliphatic hydroxyl groups is 1. The van der Waals surface area contributed by atoms with Gasteiger partial charge in [-0.1, -0.05) is 12.1 Å². The zero-order chi connectivity index (χ0) is 15.2. The van der Waals surface area contributed by atoms with E-state index in [1.165, 1.54) is 0 Å². The smallest absolute Gasteiger partial charge is 0.120 e. The van der Waals surface area contributed by atoms with Crippen molar-refractivity contribution in [2.24, 2.45) is 0 Å². The summed E-state index contributed by atoms with van der Waals surface area (Å²) in [5.41, 5.74) is 0.866. The maximum atomic E-state index is 10.2. The number of ether oxygens (including phenoxy) is 1. The average Bonchev–Trinajstić information content (AvgIpc) is 2.99. The van der Waals surface area contributed by atoms with Gasteiger partial charge in [0, 0.05) is 6.54 Å². The number of benzene rings is 1. The van der Waals surface area contributed by atoms with Gasteiger partial charge in [-0.25, -0.2) is 0 Å². The zero-order valence-corrected chi connectivity index (χ0v) is 12.7. The van der Waals surface area contributed by atoms with E-state index in [1.807, 2.05) is 57.2 Å². The second kappa shape index (κ2) is 7.29. The first-order valence-corrected chi connectivity index (χ1v) is 7.27. The summed E-state index contributed by atoms with van der Waals surface area (Å²) in [5.74, 6) is 1.68. The summed E-state index contributed by atoms with van der Waals surface area (Å²) in [5, 5.41) is 13.5. The summed E-state index contributed by atoms with van der Waals surface area (Å²) in [6, 6.07) is 11.4. The highest BCUT2D eigenvalue weighted by Gasteiger charge is 2.12. The van der Waals surface area contributed by atoms with E-state index in [0.29, 0.717) is 6.54 Å². The van der Waals surface area contributed by atoms with E-state index in [1.54, 1.807) is 6.26 Å².